The number of rotatable bonds is 6. The molecule has 0 spiro atoms. The van der Waals surface area contributed by atoms with Gasteiger partial charge >= 0.3 is 0 Å². The smallest absolute Gasteiger partial charge is 0.267 e. The third-order valence-electron chi connectivity index (χ3n) is 4.14. The van der Waals surface area contributed by atoms with Crippen LogP contribution in [0.1, 0.15) is 52.3 Å². The van der Waals surface area contributed by atoms with Gasteiger partial charge in [-0.1, -0.05) is 31.3 Å². The molecule has 0 saturated heterocycles. The molecule has 3 amide bonds. The van der Waals surface area contributed by atoms with Crippen molar-refractivity contribution >= 4 is 39.9 Å². The lowest BCUT2D eigenvalue weighted by molar-refractivity contribution is -0.118. The lowest BCUT2D eigenvalue weighted by Crippen LogP contribution is -2.25. The Balaban J connectivity index is 1.69. The summed E-state index contributed by atoms with van der Waals surface area (Å²) in [7, 11) is 0. The number of carbonyl (C=O) groups is 3. The zero-order valence-electron chi connectivity index (χ0n) is 15.5. The molecule has 142 valence electrons. The van der Waals surface area contributed by atoms with Gasteiger partial charge in [-0.2, -0.15) is 0 Å². The van der Waals surface area contributed by atoms with E-state index in [2.05, 4.69) is 20.9 Å². The summed E-state index contributed by atoms with van der Waals surface area (Å²) in [5.74, 6) is -0.787. The highest BCUT2D eigenvalue weighted by molar-refractivity contribution is 7.17. The van der Waals surface area contributed by atoms with Crippen molar-refractivity contribution in [3.63, 3.8) is 0 Å². The third-order valence-corrected chi connectivity index (χ3v) is 5.06. The van der Waals surface area contributed by atoms with Crippen molar-refractivity contribution in [3.05, 3.63) is 40.4 Å². The van der Waals surface area contributed by atoms with Crippen molar-refractivity contribution < 1.29 is 14.4 Å². The van der Waals surface area contributed by atoms with E-state index in [-0.39, 0.29) is 29.7 Å². The molecule has 0 radical (unpaired) electrons. The van der Waals surface area contributed by atoms with Crippen LogP contribution in [0.4, 0.5) is 10.8 Å². The molecule has 1 saturated carbocycles. The largest absolute Gasteiger partial charge is 0.349 e. The van der Waals surface area contributed by atoms with Crippen LogP contribution in [0.25, 0.3) is 0 Å². The Bertz CT molecular complexity index is 887. The Morgan fingerprint density at radius 1 is 1.15 bits per heavy atom. The van der Waals surface area contributed by atoms with Gasteiger partial charge in [-0.15, -0.1) is 0 Å². The average Bonchev–Trinajstić information content (AvgIpc) is 3.31. The summed E-state index contributed by atoms with van der Waals surface area (Å²) in [6.07, 6.45) is 3.46. The summed E-state index contributed by atoms with van der Waals surface area (Å²) in [6, 6.07) is 5.49. The van der Waals surface area contributed by atoms with Gasteiger partial charge in [0, 0.05) is 23.2 Å². The van der Waals surface area contributed by atoms with Gasteiger partial charge in [-0.25, -0.2) is 4.98 Å². The second kappa shape index (κ2) is 7.87. The number of thiazole rings is 1. The minimum absolute atomic E-state index is 0.135. The predicted molar refractivity (Wildman–Crippen MR) is 105 cm³/mol. The SMILES string of the molecule is Cc1ccc(C(=O)NC2CC2)cc1NC(=O)c1cnc(NC(=O)C(C)C)s1. The van der Waals surface area contributed by atoms with Crippen LogP contribution < -0.4 is 16.0 Å². The first kappa shape index (κ1) is 19.0. The lowest BCUT2D eigenvalue weighted by atomic mass is 10.1. The number of aromatic nitrogens is 1. The minimum Gasteiger partial charge on any atom is -0.349 e. The number of nitrogens with zero attached hydrogens (tertiary/aromatic N) is 1. The van der Waals surface area contributed by atoms with Crippen LogP contribution in [0.15, 0.2) is 24.4 Å². The van der Waals surface area contributed by atoms with Gasteiger partial charge in [0.15, 0.2) is 5.13 Å². The highest BCUT2D eigenvalue weighted by atomic mass is 32.1. The molecule has 27 heavy (non-hydrogen) atoms. The summed E-state index contributed by atoms with van der Waals surface area (Å²) < 4.78 is 0. The van der Waals surface area contributed by atoms with Gasteiger partial charge < -0.3 is 16.0 Å². The van der Waals surface area contributed by atoms with E-state index in [4.69, 9.17) is 0 Å². The van der Waals surface area contributed by atoms with Gasteiger partial charge in [0.1, 0.15) is 4.88 Å². The number of hydrogen-bond donors (Lipinski definition) is 3. The third kappa shape index (κ3) is 4.91. The van der Waals surface area contributed by atoms with Crippen molar-refractivity contribution in [2.45, 2.75) is 39.7 Å². The van der Waals surface area contributed by atoms with Gasteiger partial charge in [-0.3, -0.25) is 14.4 Å². The second-order valence-corrected chi connectivity index (χ2v) is 7.94. The summed E-state index contributed by atoms with van der Waals surface area (Å²) in [4.78, 5) is 40.9. The molecule has 0 atom stereocenters. The highest BCUT2D eigenvalue weighted by Crippen LogP contribution is 2.23. The molecule has 7 nitrogen and oxygen atoms in total. The summed E-state index contributed by atoms with van der Waals surface area (Å²) in [6.45, 7) is 5.43. The molecule has 3 rings (SSSR count). The number of benzene rings is 1. The Morgan fingerprint density at radius 3 is 2.56 bits per heavy atom. The maximum absolute atomic E-state index is 12.5. The number of anilines is 2. The minimum atomic E-state index is -0.333. The number of aryl methyl sites for hydroxylation is 1. The molecular weight excluding hydrogens is 364 g/mol. The first-order chi connectivity index (χ1) is 12.8. The predicted octanol–water partition coefficient (Wildman–Crippen LogP) is 3.19. The van der Waals surface area contributed by atoms with Crippen molar-refractivity contribution in [1.82, 2.24) is 10.3 Å². The maximum Gasteiger partial charge on any atom is 0.267 e. The molecule has 3 N–H and O–H groups in total. The fraction of sp³-hybridized carbons (Fsp3) is 0.368. The molecular formula is C19H22N4O3S. The van der Waals surface area contributed by atoms with E-state index >= 15 is 0 Å². The lowest BCUT2D eigenvalue weighted by Gasteiger charge is -2.10. The van der Waals surface area contributed by atoms with Crippen molar-refractivity contribution in [2.75, 3.05) is 10.6 Å². The Labute approximate surface area is 161 Å². The van der Waals surface area contributed by atoms with Crippen molar-refractivity contribution in [3.8, 4) is 0 Å². The second-order valence-electron chi connectivity index (χ2n) is 6.91. The van der Waals surface area contributed by atoms with E-state index in [0.717, 1.165) is 29.7 Å². The molecule has 1 aromatic heterocycles. The van der Waals surface area contributed by atoms with E-state index in [1.807, 2.05) is 6.92 Å². The zero-order chi connectivity index (χ0) is 19.6. The molecule has 1 aromatic carbocycles. The molecule has 0 aliphatic heterocycles. The van der Waals surface area contributed by atoms with E-state index in [9.17, 15) is 14.4 Å². The fourth-order valence-corrected chi connectivity index (χ4v) is 2.98. The Morgan fingerprint density at radius 2 is 1.89 bits per heavy atom. The van der Waals surface area contributed by atoms with Crippen LogP contribution in [0.3, 0.4) is 0 Å². The monoisotopic (exact) mass is 386 g/mol. The van der Waals surface area contributed by atoms with Crippen LogP contribution in [-0.2, 0) is 4.79 Å². The Hall–Kier alpha value is -2.74. The van der Waals surface area contributed by atoms with Crippen LogP contribution in [0.2, 0.25) is 0 Å². The zero-order valence-corrected chi connectivity index (χ0v) is 16.3. The average molecular weight is 386 g/mol. The van der Waals surface area contributed by atoms with Crippen molar-refractivity contribution in [1.29, 1.82) is 0 Å². The topological polar surface area (TPSA) is 100 Å². The fourth-order valence-electron chi connectivity index (χ4n) is 2.26. The number of hydrogen-bond acceptors (Lipinski definition) is 5. The maximum atomic E-state index is 12.5. The van der Waals surface area contributed by atoms with Gasteiger partial charge in [0.2, 0.25) is 5.91 Å². The molecule has 0 bridgehead atoms. The summed E-state index contributed by atoms with van der Waals surface area (Å²) >= 11 is 1.10. The first-order valence-corrected chi connectivity index (χ1v) is 9.64. The molecule has 2 aromatic rings. The highest BCUT2D eigenvalue weighted by Gasteiger charge is 2.24. The molecule has 1 fully saturated rings. The molecule has 1 heterocycles. The van der Waals surface area contributed by atoms with Crippen LogP contribution in [-0.4, -0.2) is 28.7 Å². The van der Waals surface area contributed by atoms with Gasteiger partial charge in [-0.05, 0) is 37.5 Å². The number of carbonyl (C=O) groups excluding carboxylic acids is 3. The first-order valence-electron chi connectivity index (χ1n) is 8.83. The van der Waals surface area contributed by atoms with E-state index in [1.165, 1.54) is 6.20 Å². The quantitative estimate of drug-likeness (QED) is 0.710. The summed E-state index contributed by atoms with van der Waals surface area (Å²) in [5, 5.41) is 8.81. The van der Waals surface area contributed by atoms with E-state index < -0.39 is 0 Å². The number of amides is 3. The van der Waals surface area contributed by atoms with Gasteiger partial charge in [0.25, 0.3) is 11.8 Å². The van der Waals surface area contributed by atoms with Crippen LogP contribution in [0.5, 0.6) is 0 Å². The standard InChI is InChI=1S/C19H22N4O3S/c1-10(2)16(24)23-19-20-9-15(27-19)18(26)22-14-8-12(5-4-11(14)3)17(25)21-13-6-7-13/h4-5,8-10,13H,6-7H2,1-3H3,(H,21,25)(H,22,26)(H,20,23,24). The Kier molecular flexibility index (Phi) is 5.55. The molecule has 0 unspecified atom stereocenters. The van der Waals surface area contributed by atoms with Crippen LogP contribution in [0, 0.1) is 12.8 Å². The molecule has 1 aliphatic carbocycles. The van der Waals surface area contributed by atoms with Crippen LogP contribution >= 0.6 is 11.3 Å². The normalized spacial score (nSPS) is 13.3. The summed E-state index contributed by atoms with van der Waals surface area (Å²) in [5.41, 5.74) is 1.94. The number of nitrogens with one attached hydrogen (secondary N) is 3. The molecule has 8 heteroatoms. The van der Waals surface area contributed by atoms with Crippen molar-refractivity contribution in [2.24, 2.45) is 5.92 Å². The van der Waals surface area contributed by atoms with E-state index in [1.54, 1.807) is 32.0 Å². The molecule has 1 aliphatic rings. The van der Waals surface area contributed by atoms with E-state index in [0.29, 0.717) is 21.3 Å². The van der Waals surface area contributed by atoms with Gasteiger partial charge in [0.05, 0.1) is 6.20 Å².